The second-order valence-electron chi connectivity index (χ2n) is 4.75. The van der Waals surface area contributed by atoms with Gasteiger partial charge in [0.05, 0.1) is 0 Å². The van der Waals surface area contributed by atoms with E-state index in [-0.39, 0.29) is 6.10 Å². The lowest BCUT2D eigenvalue weighted by Gasteiger charge is -2.17. The van der Waals surface area contributed by atoms with E-state index in [0.29, 0.717) is 6.04 Å². The van der Waals surface area contributed by atoms with Crippen LogP contribution in [-0.2, 0) is 0 Å². The molecule has 0 aliphatic rings. The van der Waals surface area contributed by atoms with Gasteiger partial charge in [0.1, 0.15) is 11.9 Å². The van der Waals surface area contributed by atoms with Crippen LogP contribution in [0, 0.1) is 0 Å². The maximum absolute atomic E-state index is 6.01. The van der Waals surface area contributed by atoms with Crippen LogP contribution >= 0.6 is 0 Å². The highest BCUT2D eigenvalue weighted by Crippen LogP contribution is 2.24. The van der Waals surface area contributed by atoms with Crippen LogP contribution in [0.3, 0.4) is 0 Å². The number of ether oxygens (including phenoxy) is 1. The van der Waals surface area contributed by atoms with E-state index in [9.17, 15) is 0 Å². The first-order valence-corrected chi connectivity index (χ1v) is 6.69. The average Bonchev–Trinajstić information content (AvgIpc) is 2.47. The monoisotopic (exact) mass is 255 g/mol. The molecule has 1 N–H and O–H groups in total. The summed E-state index contributed by atoms with van der Waals surface area (Å²) in [5, 5.41) is 3.24. The van der Waals surface area contributed by atoms with Crippen molar-refractivity contribution in [1.82, 2.24) is 5.32 Å². The molecule has 0 aromatic heterocycles. The van der Waals surface area contributed by atoms with Crippen molar-refractivity contribution in [2.45, 2.75) is 26.0 Å². The van der Waals surface area contributed by atoms with Crippen LogP contribution < -0.4 is 10.1 Å². The van der Waals surface area contributed by atoms with Crippen LogP contribution in [0.15, 0.2) is 54.6 Å². The summed E-state index contributed by atoms with van der Waals surface area (Å²) in [5.41, 5.74) is 2.43. The van der Waals surface area contributed by atoms with Crippen molar-refractivity contribution in [2.24, 2.45) is 0 Å². The lowest BCUT2D eigenvalue weighted by molar-refractivity contribution is 0.226. The molecule has 0 aliphatic heterocycles. The fourth-order valence-corrected chi connectivity index (χ4v) is 2.02. The number of hydrogen-bond donors (Lipinski definition) is 1. The van der Waals surface area contributed by atoms with E-state index in [1.807, 2.05) is 37.4 Å². The third-order valence-corrected chi connectivity index (χ3v) is 3.37. The van der Waals surface area contributed by atoms with Gasteiger partial charge in [-0.05, 0) is 44.2 Å². The molecule has 100 valence electrons. The van der Waals surface area contributed by atoms with Gasteiger partial charge in [0.15, 0.2) is 0 Å². The van der Waals surface area contributed by atoms with Crippen LogP contribution in [0.5, 0.6) is 5.75 Å². The van der Waals surface area contributed by atoms with Gasteiger partial charge in [-0.25, -0.2) is 0 Å². The van der Waals surface area contributed by atoms with Gasteiger partial charge in [-0.1, -0.05) is 42.5 Å². The van der Waals surface area contributed by atoms with E-state index in [2.05, 4.69) is 43.4 Å². The van der Waals surface area contributed by atoms with Gasteiger partial charge >= 0.3 is 0 Å². The van der Waals surface area contributed by atoms with Crippen molar-refractivity contribution in [3.8, 4) is 5.75 Å². The zero-order valence-corrected chi connectivity index (χ0v) is 11.8. The summed E-state index contributed by atoms with van der Waals surface area (Å²) in [6.45, 7) is 4.21. The second-order valence-corrected chi connectivity index (χ2v) is 4.75. The summed E-state index contributed by atoms with van der Waals surface area (Å²) in [7, 11) is 1.96. The molecule has 2 aromatic rings. The average molecular weight is 255 g/mol. The van der Waals surface area contributed by atoms with Gasteiger partial charge in [-0.2, -0.15) is 0 Å². The van der Waals surface area contributed by atoms with Crippen LogP contribution in [0.1, 0.15) is 37.1 Å². The molecule has 0 heterocycles. The van der Waals surface area contributed by atoms with Crippen molar-refractivity contribution in [2.75, 3.05) is 7.05 Å². The summed E-state index contributed by atoms with van der Waals surface area (Å²) < 4.78 is 6.01. The Bertz CT molecular complexity index is 510. The standard InChI is InChI=1S/C17H21NO/c1-13(18-3)16-10-7-11-17(12-16)19-14(2)15-8-5-4-6-9-15/h4-14,18H,1-3H3. The van der Waals surface area contributed by atoms with Crippen LogP contribution in [-0.4, -0.2) is 7.05 Å². The van der Waals surface area contributed by atoms with Gasteiger partial charge in [0.25, 0.3) is 0 Å². The van der Waals surface area contributed by atoms with E-state index in [4.69, 9.17) is 4.74 Å². The highest BCUT2D eigenvalue weighted by molar-refractivity contribution is 5.31. The van der Waals surface area contributed by atoms with Crippen molar-refractivity contribution >= 4 is 0 Å². The molecule has 0 amide bonds. The summed E-state index contributed by atoms with van der Waals surface area (Å²) in [4.78, 5) is 0. The molecule has 2 atom stereocenters. The Hall–Kier alpha value is -1.80. The highest BCUT2D eigenvalue weighted by Gasteiger charge is 2.08. The molecule has 0 spiro atoms. The molecule has 2 nitrogen and oxygen atoms in total. The zero-order chi connectivity index (χ0) is 13.7. The first-order valence-electron chi connectivity index (χ1n) is 6.69. The summed E-state index contributed by atoms with van der Waals surface area (Å²) in [6.07, 6.45) is 0.0568. The zero-order valence-electron chi connectivity index (χ0n) is 11.8. The summed E-state index contributed by atoms with van der Waals surface area (Å²) >= 11 is 0. The van der Waals surface area contributed by atoms with Gasteiger partial charge in [-0.3, -0.25) is 0 Å². The molecule has 2 aromatic carbocycles. The fourth-order valence-electron chi connectivity index (χ4n) is 2.02. The van der Waals surface area contributed by atoms with Crippen LogP contribution in [0.25, 0.3) is 0 Å². The quantitative estimate of drug-likeness (QED) is 0.868. The maximum atomic E-state index is 6.01. The van der Waals surface area contributed by atoms with Gasteiger partial charge in [-0.15, -0.1) is 0 Å². The van der Waals surface area contributed by atoms with Crippen molar-refractivity contribution in [3.05, 3.63) is 65.7 Å². The Morgan fingerprint density at radius 1 is 0.895 bits per heavy atom. The molecule has 2 unspecified atom stereocenters. The third kappa shape index (κ3) is 3.58. The first kappa shape index (κ1) is 13.6. The van der Waals surface area contributed by atoms with E-state index in [1.165, 1.54) is 11.1 Å². The van der Waals surface area contributed by atoms with Crippen molar-refractivity contribution < 1.29 is 4.74 Å². The highest BCUT2D eigenvalue weighted by atomic mass is 16.5. The topological polar surface area (TPSA) is 21.3 Å². The molecule has 0 saturated carbocycles. The normalized spacial score (nSPS) is 13.8. The predicted octanol–water partition coefficient (Wildman–Crippen LogP) is 4.11. The summed E-state index contributed by atoms with van der Waals surface area (Å²) in [5.74, 6) is 0.913. The predicted molar refractivity (Wildman–Crippen MR) is 79.4 cm³/mol. The Kier molecular flexibility index (Phi) is 4.58. The third-order valence-electron chi connectivity index (χ3n) is 3.37. The smallest absolute Gasteiger partial charge is 0.121 e. The lowest BCUT2D eigenvalue weighted by atomic mass is 10.1. The number of rotatable bonds is 5. The summed E-state index contributed by atoms with van der Waals surface area (Å²) in [6, 6.07) is 18.9. The molecule has 0 bridgehead atoms. The minimum absolute atomic E-state index is 0.0568. The molecule has 0 radical (unpaired) electrons. The molecule has 0 aliphatic carbocycles. The molecular formula is C17H21NO. The fraction of sp³-hybridized carbons (Fsp3) is 0.294. The molecule has 2 rings (SSSR count). The number of hydrogen-bond acceptors (Lipinski definition) is 2. The Balaban J connectivity index is 2.11. The minimum atomic E-state index is 0.0568. The molecule has 0 saturated heterocycles. The van der Waals surface area contributed by atoms with E-state index >= 15 is 0 Å². The molecular weight excluding hydrogens is 234 g/mol. The number of nitrogens with one attached hydrogen (secondary N) is 1. The van der Waals surface area contributed by atoms with Crippen LogP contribution in [0.2, 0.25) is 0 Å². The SMILES string of the molecule is CNC(C)c1cccc(OC(C)c2ccccc2)c1. The van der Waals surface area contributed by atoms with E-state index in [1.54, 1.807) is 0 Å². The second kappa shape index (κ2) is 6.39. The Labute approximate surface area is 115 Å². The van der Waals surface area contributed by atoms with E-state index < -0.39 is 0 Å². The van der Waals surface area contributed by atoms with Gasteiger partial charge in [0.2, 0.25) is 0 Å². The van der Waals surface area contributed by atoms with E-state index in [0.717, 1.165) is 5.75 Å². The van der Waals surface area contributed by atoms with Gasteiger partial charge < -0.3 is 10.1 Å². The van der Waals surface area contributed by atoms with Crippen LogP contribution in [0.4, 0.5) is 0 Å². The minimum Gasteiger partial charge on any atom is -0.486 e. The number of benzene rings is 2. The molecule has 0 fully saturated rings. The Morgan fingerprint density at radius 2 is 1.58 bits per heavy atom. The molecule has 19 heavy (non-hydrogen) atoms. The van der Waals surface area contributed by atoms with Gasteiger partial charge in [0, 0.05) is 6.04 Å². The van der Waals surface area contributed by atoms with Crippen molar-refractivity contribution in [1.29, 1.82) is 0 Å². The lowest BCUT2D eigenvalue weighted by Crippen LogP contribution is -2.12. The first-order chi connectivity index (χ1) is 9.20. The molecule has 2 heteroatoms. The van der Waals surface area contributed by atoms with Crippen molar-refractivity contribution in [3.63, 3.8) is 0 Å². The largest absolute Gasteiger partial charge is 0.486 e. The Morgan fingerprint density at radius 3 is 2.26 bits per heavy atom. The maximum Gasteiger partial charge on any atom is 0.121 e.